The van der Waals surface area contributed by atoms with Crippen molar-refractivity contribution < 1.29 is 0 Å². The van der Waals surface area contributed by atoms with Gasteiger partial charge >= 0.3 is 0 Å². The van der Waals surface area contributed by atoms with Crippen LogP contribution in [0.4, 0.5) is 0 Å². The molecule has 0 aliphatic carbocycles. The molecular weight excluding hydrogens is 595 g/mol. The molecule has 0 fully saturated rings. The van der Waals surface area contributed by atoms with Gasteiger partial charge in [-0.2, -0.15) is 5.26 Å². The molecule has 3 heteroatoms. The first-order valence-corrected chi connectivity index (χ1v) is 16.9. The second-order valence-corrected chi connectivity index (χ2v) is 13.8. The van der Waals surface area contributed by atoms with E-state index in [2.05, 4.69) is 133 Å². The van der Waals surface area contributed by atoms with Gasteiger partial charge in [0, 0.05) is 51.5 Å². The molecule has 0 spiro atoms. The Bertz CT molecular complexity index is 2520. The highest BCUT2D eigenvalue weighted by Crippen LogP contribution is 2.42. The second-order valence-electron chi connectivity index (χ2n) is 11.6. The van der Waals surface area contributed by atoms with E-state index in [9.17, 15) is 5.26 Å². The van der Waals surface area contributed by atoms with E-state index in [1.54, 1.807) is 0 Å². The van der Waals surface area contributed by atoms with Crippen LogP contribution in [0.1, 0.15) is 5.56 Å². The van der Waals surface area contributed by atoms with E-state index in [4.69, 9.17) is 0 Å². The molecule has 0 amide bonds. The van der Waals surface area contributed by atoms with Crippen LogP contribution in [-0.4, -0.2) is 0 Å². The summed E-state index contributed by atoms with van der Waals surface area (Å²) in [6.07, 6.45) is 0. The van der Waals surface area contributed by atoms with Crippen LogP contribution in [0, 0.1) is 11.3 Å². The number of benzene rings is 7. The normalized spacial score (nSPS) is 11.5. The monoisotopic (exact) mass is 619 g/mol. The fourth-order valence-corrected chi connectivity index (χ4v) is 8.99. The van der Waals surface area contributed by atoms with Crippen LogP contribution in [0.25, 0.3) is 84.9 Å². The number of nitrogens with zero attached hydrogens (tertiary/aromatic N) is 1. The molecule has 0 atom stereocenters. The lowest BCUT2D eigenvalue weighted by Crippen LogP contribution is -1.92. The van der Waals surface area contributed by atoms with Crippen molar-refractivity contribution in [2.75, 3.05) is 0 Å². The Balaban J connectivity index is 1.27. The van der Waals surface area contributed by atoms with Crippen LogP contribution in [0.2, 0.25) is 0 Å². The molecule has 7 aromatic carbocycles. The Morgan fingerprint density at radius 3 is 1.39 bits per heavy atom. The van der Waals surface area contributed by atoms with Crippen LogP contribution >= 0.6 is 22.7 Å². The summed E-state index contributed by atoms with van der Waals surface area (Å²) in [5.41, 5.74) is 9.28. The molecule has 9 aromatic rings. The largest absolute Gasteiger partial charge is 0.192 e. The number of hydrogen-bond donors (Lipinski definition) is 0. The summed E-state index contributed by atoms with van der Waals surface area (Å²) in [5, 5.41) is 15.7. The second kappa shape index (κ2) is 10.8. The van der Waals surface area contributed by atoms with Gasteiger partial charge in [0.1, 0.15) is 6.07 Å². The molecule has 0 radical (unpaired) electrons. The van der Waals surface area contributed by atoms with E-state index < -0.39 is 0 Å². The van der Waals surface area contributed by atoms with Gasteiger partial charge in [0.25, 0.3) is 0 Å². The first-order chi connectivity index (χ1) is 22.7. The maximum Gasteiger partial charge on any atom is 0.100 e. The van der Waals surface area contributed by atoms with Gasteiger partial charge in [-0.1, -0.05) is 109 Å². The highest BCUT2D eigenvalue weighted by Gasteiger charge is 2.16. The lowest BCUT2D eigenvalue weighted by molar-refractivity contribution is 1.47. The first kappa shape index (κ1) is 26.8. The third-order valence-electron chi connectivity index (χ3n) is 8.93. The fourth-order valence-electron chi connectivity index (χ4n) is 6.70. The molecule has 2 heterocycles. The van der Waals surface area contributed by atoms with Gasteiger partial charge in [-0.05, 0) is 75.8 Å². The predicted molar refractivity (Wildman–Crippen MR) is 199 cm³/mol. The summed E-state index contributed by atoms with van der Waals surface area (Å²) in [6.45, 7) is 0. The molecule has 9 rings (SSSR count). The fraction of sp³-hybridized carbons (Fsp3) is 0. The summed E-state index contributed by atoms with van der Waals surface area (Å²) < 4.78 is 5.16. The van der Waals surface area contributed by atoms with Crippen molar-refractivity contribution in [1.82, 2.24) is 0 Å². The molecule has 0 aliphatic rings. The standard InChI is InChI=1S/C43H25NS2/c44-26-39-33(27-9-2-1-3-10-27)13-8-14-34(39)32-22-30(28-17-19-37-35-11-4-6-15-40(35)45-42(37)24-28)21-31(23-32)29-18-20-38-36-12-5-7-16-41(36)46-43(38)25-29/h1-25H. The minimum Gasteiger partial charge on any atom is -0.192 e. The molecule has 1 nitrogen and oxygen atoms in total. The minimum atomic E-state index is 0.691. The summed E-state index contributed by atoms with van der Waals surface area (Å²) in [7, 11) is 0. The third kappa shape index (κ3) is 4.43. The molecule has 0 saturated heterocycles. The highest BCUT2D eigenvalue weighted by atomic mass is 32.1. The average Bonchev–Trinajstić information content (AvgIpc) is 3.69. The van der Waals surface area contributed by atoms with E-state index in [1.165, 1.54) is 51.5 Å². The number of nitriles is 1. The van der Waals surface area contributed by atoms with Gasteiger partial charge in [-0.3, -0.25) is 0 Å². The van der Waals surface area contributed by atoms with Gasteiger partial charge in [0.05, 0.1) is 5.56 Å². The summed E-state index contributed by atoms with van der Waals surface area (Å²) in [5.74, 6) is 0. The first-order valence-electron chi connectivity index (χ1n) is 15.3. The zero-order valence-electron chi connectivity index (χ0n) is 24.7. The van der Waals surface area contributed by atoms with E-state index in [0.29, 0.717) is 5.56 Å². The quantitative estimate of drug-likeness (QED) is 0.192. The zero-order valence-corrected chi connectivity index (χ0v) is 26.3. The van der Waals surface area contributed by atoms with Crippen molar-refractivity contribution >= 4 is 63.0 Å². The Hall–Kier alpha value is -5.53. The molecule has 2 aromatic heterocycles. The van der Waals surface area contributed by atoms with Crippen molar-refractivity contribution in [3.05, 3.63) is 157 Å². The number of thiophene rings is 2. The Morgan fingerprint density at radius 2 is 0.826 bits per heavy atom. The van der Waals surface area contributed by atoms with E-state index in [-0.39, 0.29) is 0 Å². The molecule has 0 saturated carbocycles. The zero-order chi connectivity index (χ0) is 30.6. The molecule has 46 heavy (non-hydrogen) atoms. The molecule has 0 N–H and O–H groups in total. The molecule has 0 unspecified atom stereocenters. The van der Waals surface area contributed by atoms with Gasteiger partial charge in [-0.15, -0.1) is 22.7 Å². The van der Waals surface area contributed by atoms with Gasteiger partial charge in [0.15, 0.2) is 0 Å². The summed E-state index contributed by atoms with van der Waals surface area (Å²) in [4.78, 5) is 0. The smallest absolute Gasteiger partial charge is 0.100 e. The molecular formula is C43H25NS2. The predicted octanol–water partition coefficient (Wildman–Crippen LogP) is 13.0. The van der Waals surface area contributed by atoms with Crippen molar-refractivity contribution in [3.63, 3.8) is 0 Å². The maximum atomic E-state index is 10.5. The lowest BCUT2D eigenvalue weighted by atomic mass is 9.88. The molecule has 214 valence electrons. The van der Waals surface area contributed by atoms with Crippen LogP contribution in [0.15, 0.2) is 152 Å². The minimum absolute atomic E-state index is 0.691. The van der Waals surface area contributed by atoms with Crippen LogP contribution in [-0.2, 0) is 0 Å². The number of rotatable bonds is 4. The van der Waals surface area contributed by atoms with E-state index >= 15 is 0 Å². The Morgan fingerprint density at radius 1 is 0.348 bits per heavy atom. The van der Waals surface area contributed by atoms with E-state index in [1.807, 2.05) is 46.9 Å². The number of hydrogen-bond acceptors (Lipinski definition) is 3. The lowest BCUT2D eigenvalue weighted by Gasteiger charge is -2.14. The average molecular weight is 620 g/mol. The van der Waals surface area contributed by atoms with Gasteiger partial charge < -0.3 is 0 Å². The third-order valence-corrected chi connectivity index (χ3v) is 11.2. The SMILES string of the molecule is N#Cc1c(-c2ccccc2)cccc1-c1cc(-c2ccc3c(c2)sc2ccccc23)cc(-c2ccc3c(c2)sc2ccccc23)c1. The van der Waals surface area contributed by atoms with Crippen LogP contribution in [0.3, 0.4) is 0 Å². The van der Waals surface area contributed by atoms with Crippen LogP contribution < -0.4 is 0 Å². The Kier molecular flexibility index (Phi) is 6.31. The summed E-state index contributed by atoms with van der Waals surface area (Å²) >= 11 is 3.68. The van der Waals surface area contributed by atoms with Gasteiger partial charge in [0.2, 0.25) is 0 Å². The highest BCUT2D eigenvalue weighted by molar-refractivity contribution is 7.26. The molecule has 0 aliphatic heterocycles. The molecule has 0 bridgehead atoms. The van der Waals surface area contributed by atoms with E-state index in [0.717, 1.165) is 33.4 Å². The van der Waals surface area contributed by atoms with Crippen LogP contribution in [0.5, 0.6) is 0 Å². The maximum absolute atomic E-state index is 10.5. The summed E-state index contributed by atoms with van der Waals surface area (Å²) in [6, 6.07) is 56.7. The van der Waals surface area contributed by atoms with Crippen molar-refractivity contribution in [1.29, 1.82) is 5.26 Å². The topological polar surface area (TPSA) is 23.8 Å². The number of fused-ring (bicyclic) bond motifs is 6. The van der Waals surface area contributed by atoms with Gasteiger partial charge in [-0.25, -0.2) is 0 Å². The van der Waals surface area contributed by atoms with Crippen molar-refractivity contribution in [3.8, 4) is 50.6 Å². The van der Waals surface area contributed by atoms with Crippen molar-refractivity contribution in [2.24, 2.45) is 0 Å². The van der Waals surface area contributed by atoms with Crippen molar-refractivity contribution in [2.45, 2.75) is 0 Å². The Labute approximate surface area is 274 Å².